The Morgan fingerprint density at radius 3 is 0.696 bits per heavy atom. The molecule has 0 spiro atoms. The molecular formula is C15H23O7V-3. The summed E-state index contributed by atoms with van der Waals surface area (Å²) in [7, 11) is 0. The minimum absolute atomic E-state index is 0. The molecule has 7 nitrogen and oxygen atoms in total. The molecule has 0 rings (SSSR count). The molecule has 0 fully saturated rings. The van der Waals surface area contributed by atoms with E-state index >= 15 is 0 Å². The van der Waals surface area contributed by atoms with Crippen LogP contribution in [0.3, 0.4) is 0 Å². The molecule has 0 aliphatic carbocycles. The Balaban J connectivity index is -0.0000000675. The third-order valence-electron chi connectivity index (χ3n) is 1.22. The summed E-state index contributed by atoms with van der Waals surface area (Å²) in [6, 6.07) is 0. The van der Waals surface area contributed by atoms with Crippen molar-refractivity contribution in [2.75, 3.05) is 0 Å². The average Bonchev–Trinajstić information content (AvgIpc) is 2.10. The SMILES string of the molecule is CC(=O)/C=C(/C)[O-].CC(=O)/C=C(/C)[O-].CC(=O)/C=C(/C)[O-].O.[V]. The first-order valence-corrected chi connectivity index (χ1v) is 5.96. The summed E-state index contributed by atoms with van der Waals surface area (Å²) in [5.74, 6) is -1.12. The molecule has 23 heavy (non-hydrogen) atoms. The summed E-state index contributed by atoms with van der Waals surface area (Å²) >= 11 is 0. The number of rotatable bonds is 3. The zero-order valence-electron chi connectivity index (χ0n) is 14.1. The van der Waals surface area contributed by atoms with Crippen LogP contribution in [0.25, 0.3) is 0 Å². The van der Waals surface area contributed by atoms with Crippen molar-refractivity contribution in [2.45, 2.75) is 41.5 Å². The molecule has 133 valence electrons. The second kappa shape index (κ2) is 20.2. The molecule has 8 heteroatoms. The maximum absolute atomic E-state index is 9.98. The van der Waals surface area contributed by atoms with Crippen molar-refractivity contribution in [3.8, 4) is 0 Å². The van der Waals surface area contributed by atoms with Gasteiger partial charge >= 0.3 is 0 Å². The largest absolute Gasteiger partial charge is 0.876 e. The standard InChI is InChI=1S/3C5H8O2.H2O.V/c3*1-4(6)3-5(2)7;;/h3*3,6H,1-2H3;1H2;/p-3/b3*4-3-;;. The van der Waals surface area contributed by atoms with E-state index in [4.69, 9.17) is 0 Å². The molecule has 0 saturated heterocycles. The molecule has 0 aliphatic heterocycles. The molecule has 0 aromatic heterocycles. The van der Waals surface area contributed by atoms with Gasteiger partial charge < -0.3 is 20.8 Å². The normalized spacial score (nSPS) is 10.4. The number of carbonyl (C=O) groups excluding carboxylic acids is 3. The molecule has 1 radical (unpaired) electrons. The van der Waals surface area contributed by atoms with Crippen LogP contribution in [0, 0.1) is 0 Å². The van der Waals surface area contributed by atoms with Crippen LogP contribution >= 0.6 is 0 Å². The Labute approximate surface area is 148 Å². The number of ketones is 3. The third-order valence-corrected chi connectivity index (χ3v) is 1.22. The Hall–Kier alpha value is -1.83. The van der Waals surface area contributed by atoms with Crippen LogP contribution in [-0.4, -0.2) is 22.8 Å². The van der Waals surface area contributed by atoms with Crippen LogP contribution in [0.4, 0.5) is 0 Å². The van der Waals surface area contributed by atoms with Crippen molar-refractivity contribution in [1.82, 2.24) is 0 Å². The summed E-state index contributed by atoms with van der Waals surface area (Å²) in [4.78, 5) is 29.9. The number of hydrogen-bond donors (Lipinski definition) is 0. The zero-order valence-corrected chi connectivity index (χ0v) is 15.5. The molecule has 0 aromatic carbocycles. The predicted octanol–water partition coefficient (Wildman–Crippen LogP) is -1.31. The minimum atomic E-state index is -0.187. The average molecular weight is 366 g/mol. The summed E-state index contributed by atoms with van der Waals surface area (Å²) in [5, 5.41) is 29.9. The summed E-state index contributed by atoms with van der Waals surface area (Å²) in [5.41, 5.74) is 0. The van der Waals surface area contributed by atoms with E-state index in [2.05, 4.69) is 0 Å². The molecule has 0 saturated carbocycles. The smallest absolute Gasteiger partial charge is 0.151 e. The van der Waals surface area contributed by atoms with E-state index in [0.717, 1.165) is 18.2 Å². The van der Waals surface area contributed by atoms with Crippen LogP contribution < -0.4 is 15.3 Å². The van der Waals surface area contributed by atoms with Gasteiger partial charge in [0.05, 0.1) is 0 Å². The quantitative estimate of drug-likeness (QED) is 0.447. The molecule has 0 unspecified atom stereocenters. The third kappa shape index (κ3) is 64.4. The van der Waals surface area contributed by atoms with Crippen LogP contribution in [0.5, 0.6) is 0 Å². The van der Waals surface area contributed by atoms with Crippen LogP contribution in [-0.2, 0) is 32.9 Å². The van der Waals surface area contributed by atoms with Crippen molar-refractivity contribution in [1.29, 1.82) is 0 Å². The number of carbonyl (C=O) groups is 3. The first kappa shape index (κ1) is 32.9. The van der Waals surface area contributed by atoms with Crippen molar-refractivity contribution in [3.05, 3.63) is 35.5 Å². The Bertz CT molecular complexity index is 370. The fourth-order valence-electron chi connectivity index (χ4n) is 0.859. The van der Waals surface area contributed by atoms with Gasteiger partial charge in [-0.25, -0.2) is 0 Å². The zero-order chi connectivity index (χ0) is 17.6. The maximum Gasteiger partial charge on any atom is 0.151 e. The molecule has 0 atom stereocenters. The molecule has 0 heterocycles. The van der Waals surface area contributed by atoms with Gasteiger partial charge in [-0.15, -0.1) is 17.3 Å². The fourth-order valence-corrected chi connectivity index (χ4v) is 0.859. The van der Waals surface area contributed by atoms with Gasteiger partial charge in [0.1, 0.15) is 0 Å². The molecule has 0 amide bonds. The van der Waals surface area contributed by atoms with Crippen molar-refractivity contribution in [2.24, 2.45) is 0 Å². The first-order chi connectivity index (χ1) is 9.38. The van der Waals surface area contributed by atoms with E-state index in [1.807, 2.05) is 0 Å². The Morgan fingerprint density at radius 1 is 0.565 bits per heavy atom. The second-order valence-corrected chi connectivity index (χ2v) is 4.10. The van der Waals surface area contributed by atoms with Crippen molar-refractivity contribution in [3.63, 3.8) is 0 Å². The fraction of sp³-hybridized carbons (Fsp3) is 0.400. The number of hydrogen-bond acceptors (Lipinski definition) is 6. The van der Waals surface area contributed by atoms with Gasteiger partial charge in [-0.05, 0) is 39.0 Å². The molecule has 2 N–H and O–H groups in total. The number of allylic oxidation sites excluding steroid dienone is 6. The van der Waals surface area contributed by atoms with Gasteiger partial charge in [0.25, 0.3) is 0 Å². The molecule has 0 aliphatic rings. The topological polar surface area (TPSA) is 152 Å². The van der Waals surface area contributed by atoms with Crippen LogP contribution in [0.2, 0.25) is 0 Å². The van der Waals surface area contributed by atoms with Crippen molar-refractivity contribution < 1.29 is 53.7 Å². The van der Waals surface area contributed by atoms with Crippen LogP contribution in [0.1, 0.15) is 41.5 Å². The molecular weight excluding hydrogens is 343 g/mol. The van der Waals surface area contributed by atoms with E-state index in [-0.39, 0.29) is 58.7 Å². The molecule has 0 aromatic rings. The summed E-state index contributed by atoms with van der Waals surface area (Å²) < 4.78 is 0. The van der Waals surface area contributed by atoms with Gasteiger partial charge in [0.2, 0.25) is 0 Å². The molecule has 0 bridgehead atoms. The monoisotopic (exact) mass is 366 g/mol. The van der Waals surface area contributed by atoms with Crippen LogP contribution in [0.15, 0.2) is 35.5 Å². The van der Waals surface area contributed by atoms with E-state index in [1.54, 1.807) is 0 Å². The van der Waals surface area contributed by atoms with Gasteiger partial charge in [-0.3, -0.25) is 14.4 Å². The summed E-state index contributed by atoms with van der Waals surface area (Å²) in [6.07, 6.45) is 3.17. The minimum Gasteiger partial charge on any atom is -0.876 e. The maximum atomic E-state index is 9.98. The van der Waals surface area contributed by atoms with E-state index in [1.165, 1.54) is 41.5 Å². The Morgan fingerprint density at radius 2 is 0.696 bits per heavy atom. The van der Waals surface area contributed by atoms with E-state index < -0.39 is 0 Å². The van der Waals surface area contributed by atoms with Gasteiger partial charge in [-0.1, -0.05) is 20.8 Å². The van der Waals surface area contributed by atoms with Gasteiger partial charge in [-0.2, -0.15) is 0 Å². The van der Waals surface area contributed by atoms with Gasteiger partial charge in [0.15, 0.2) is 17.3 Å². The second-order valence-electron chi connectivity index (χ2n) is 4.10. The van der Waals surface area contributed by atoms with E-state index in [0.29, 0.717) is 0 Å². The van der Waals surface area contributed by atoms with E-state index in [9.17, 15) is 29.7 Å². The van der Waals surface area contributed by atoms with Crippen molar-refractivity contribution >= 4 is 17.3 Å². The predicted molar refractivity (Wildman–Crippen MR) is 76.9 cm³/mol. The Kier molecular flexibility index (Phi) is 28.9. The summed E-state index contributed by atoms with van der Waals surface area (Å²) in [6.45, 7) is 8.09. The van der Waals surface area contributed by atoms with Gasteiger partial charge in [0, 0.05) is 18.6 Å². The first-order valence-electron chi connectivity index (χ1n) is 5.96.